The smallest absolute Gasteiger partial charge is 0.259 e. The second-order valence-corrected chi connectivity index (χ2v) is 6.61. The number of hydrogen-bond acceptors (Lipinski definition) is 5. The summed E-state index contributed by atoms with van der Waals surface area (Å²) < 4.78 is 0. The Hall–Kier alpha value is -2.57. The van der Waals surface area contributed by atoms with Crippen LogP contribution in [-0.4, -0.2) is 21.0 Å². The van der Waals surface area contributed by atoms with Crippen LogP contribution in [0, 0.1) is 0 Å². The summed E-state index contributed by atoms with van der Waals surface area (Å²) in [5, 5.41) is 15.1. The van der Waals surface area contributed by atoms with Gasteiger partial charge in [-0.05, 0) is 35.6 Å². The van der Waals surface area contributed by atoms with Gasteiger partial charge in [-0.3, -0.25) is 4.79 Å². The number of amides is 1. The number of aliphatic hydroxyl groups excluding tert-OH is 1. The zero-order chi connectivity index (χ0) is 17.6. The van der Waals surface area contributed by atoms with E-state index >= 15 is 0 Å². The Morgan fingerprint density at radius 2 is 2.08 bits per heavy atom. The van der Waals surface area contributed by atoms with Crippen molar-refractivity contribution in [3.63, 3.8) is 0 Å². The number of rotatable bonds is 6. The predicted octanol–water partition coefficient (Wildman–Crippen LogP) is 3.82. The molecule has 0 radical (unpaired) electrons. The average Bonchev–Trinajstić information content (AvgIpc) is 3.17. The second kappa shape index (κ2) is 8.00. The van der Waals surface area contributed by atoms with Crippen LogP contribution >= 0.6 is 11.3 Å². The van der Waals surface area contributed by atoms with Crippen molar-refractivity contribution in [1.29, 1.82) is 0 Å². The lowest BCUT2D eigenvalue weighted by molar-refractivity contribution is 0.102. The molecule has 5 nitrogen and oxygen atoms in total. The quantitative estimate of drug-likeness (QED) is 0.706. The van der Waals surface area contributed by atoms with Crippen LogP contribution in [0.4, 0.5) is 5.69 Å². The normalized spacial score (nSPS) is 11.9. The molecule has 6 heteroatoms. The third-order valence-corrected chi connectivity index (χ3v) is 4.75. The van der Waals surface area contributed by atoms with Gasteiger partial charge >= 0.3 is 0 Å². The summed E-state index contributed by atoms with van der Waals surface area (Å²) in [5.41, 5.74) is 2.69. The number of aromatic nitrogens is 2. The maximum Gasteiger partial charge on any atom is 0.259 e. The average molecular weight is 353 g/mol. The van der Waals surface area contributed by atoms with Crippen LogP contribution in [0.15, 0.2) is 54.3 Å². The minimum atomic E-state index is -0.650. The molecule has 0 fully saturated rings. The molecule has 0 aliphatic rings. The summed E-state index contributed by atoms with van der Waals surface area (Å²) in [6.45, 7) is 2.04. The Kier molecular flexibility index (Phi) is 5.53. The van der Waals surface area contributed by atoms with E-state index in [1.165, 1.54) is 17.7 Å². The number of aryl methyl sites for hydroxylation is 1. The van der Waals surface area contributed by atoms with Gasteiger partial charge in [0, 0.05) is 16.8 Å². The van der Waals surface area contributed by atoms with Gasteiger partial charge in [-0.15, -0.1) is 11.3 Å². The maximum absolute atomic E-state index is 12.5. The van der Waals surface area contributed by atoms with Crippen molar-refractivity contribution >= 4 is 22.9 Å². The summed E-state index contributed by atoms with van der Waals surface area (Å²) in [6.07, 6.45) is 4.00. The number of nitrogens with one attached hydrogen (secondary N) is 1. The number of carbonyl (C=O) groups excluding carboxylic acids is 1. The van der Waals surface area contributed by atoms with Crippen molar-refractivity contribution in [3.8, 4) is 0 Å². The van der Waals surface area contributed by atoms with Gasteiger partial charge in [-0.25, -0.2) is 9.97 Å². The summed E-state index contributed by atoms with van der Waals surface area (Å²) in [5.74, 6) is -0.226. The molecule has 128 valence electrons. The minimum Gasteiger partial charge on any atom is -0.383 e. The third kappa shape index (κ3) is 4.10. The van der Waals surface area contributed by atoms with Gasteiger partial charge in [0.2, 0.25) is 0 Å². The van der Waals surface area contributed by atoms with Gasteiger partial charge in [0.05, 0.1) is 11.3 Å². The van der Waals surface area contributed by atoms with Crippen LogP contribution in [0.2, 0.25) is 0 Å². The summed E-state index contributed by atoms with van der Waals surface area (Å²) >= 11 is 1.51. The Morgan fingerprint density at radius 1 is 1.28 bits per heavy atom. The fourth-order valence-electron chi connectivity index (χ4n) is 2.54. The van der Waals surface area contributed by atoms with E-state index in [4.69, 9.17) is 0 Å². The van der Waals surface area contributed by atoms with Crippen molar-refractivity contribution in [2.24, 2.45) is 0 Å². The molecule has 2 heterocycles. The molecule has 1 aromatic carbocycles. The molecule has 2 aromatic heterocycles. The van der Waals surface area contributed by atoms with E-state index in [0.717, 1.165) is 29.0 Å². The predicted molar refractivity (Wildman–Crippen MR) is 98.8 cm³/mol. The third-order valence-electron chi connectivity index (χ3n) is 3.82. The summed E-state index contributed by atoms with van der Waals surface area (Å²) in [7, 11) is 0. The van der Waals surface area contributed by atoms with Gasteiger partial charge in [0.15, 0.2) is 0 Å². The molecule has 0 saturated carbocycles. The van der Waals surface area contributed by atoms with Gasteiger partial charge in [-0.1, -0.05) is 31.5 Å². The fraction of sp³-hybridized carbons (Fsp3) is 0.211. The maximum atomic E-state index is 12.5. The Morgan fingerprint density at radius 3 is 2.76 bits per heavy atom. The molecule has 3 aromatic rings. The van der Waals surface area contributed by atoms with E-state index < -0.39 is 6.10 Å². The van der Waals surface area contributed by atoms with Gasteiger partial charge < -0.3 is 10.4 Å². The van der Waals surface area contributed by atoms with Gasteiger partial charge in [0.25, 0.3) is 5.91 Å². The van der Waals surface area contributed by atoms with Gasteiger partial charge in [-0.2, -0.15) is 0 Å². The van der Waals surface area contributed by atoms with Crippen molar-refractivity contribution < 1.29 is 9.90 Å². The van der Waals surface area contributed by atoms with Crippen molar-refractivity contribution in [3.05, 3.63) is 76.0 Å². The van der Waals surface area contributed by atoms with Crippen LogP contribution in [0.5, 0.6) is 0 Å². The van der Waals surface area contributed by atoms with E-state index in [-0.39, 0.29) is 5.91 Å². The SMILES string of the molecule is CCCc1ncncc1C(=O)Nc1ccc(C(O)c2cccs2)cc1. The minimum absolute atomic E-state index is 0.226. The standard InChI is InChI=1S/C19H19N3O2S/c1-2-4-16-15(11-20-12-21-16)19(24)22-14-8-6-13(7-9-14)18(23)17-5-3-10-25-17/h3,5-12,18,23H,2,4H2,1H3,(H,22,24). The number of thiophene rings is 1. The molecular formula is C19H19N3O2S. The van der Waals surface area contributed by atoms with E-state index in [1.54, 1.807) is 18.3 Å². The Bertz CT molecular complexity index is 832. The van der Waals surface area contributed by atoms with Crippen molar-refractivity contribution in [2.75, 3.05) is 5.32 Å². The number of anilines is 1. The first-order chi connectivity index (χ1) is 12.2. The second-order valence-electron chi connectivity index (χ2n) is 5.63. The molecule has 0 spiro atoms. The highest BCUT2D eigenvalue weighted by Gasteiger charge is 2.14. The summed E-state index contributed by atoms with van der Waals surface area (Å²) in [6, 6.07) is 11.0. The first kappa shape index (κ1) is 17.3. The lowest BCUT2D eigenvalue weighted by atomic mass is 10.1. The first-order valence-electron chi connectivity index (χ1n) is 8.10. The first-order valence-corrected chi connectivity index (χ1v) is 8.98. The lowest BCUT2D eigenvalue weighted by Gasteiger charge is -2.11. The lowest BCUT2D eigenvalue weighted by Crippen LogP contribution is -2.15. The number of aliphatic hydroxyl groups is 1. The number of nitrogens with zero attached hydrogens (tertiary/aromatic N) is 2. The zero-order valence-electron chi connectivity index (χ0n) is 13.8. The fourth-order valence-corrected chi connectivity index (χ4v) is 3.28. The monoisotopic (exact) mass is 353 g/mol. The molecular weight excluding hydrogens is 334 g/mol. The van der Waals surface area contributed by atoms with Crippen LogP contribution < -0.4 is 5.32 Å². The van der Waals surface area contributed by atoms with E-state index in [2.05, 4.69) is 15.3 Å². The molecule has 1 amide bonds. The highest BCUT2D eigenvalue weighted by atomic mass is 32.1. The largest absolute Gasteiger partial charge is 0.383 e. The highest BCUT2D eigenvalue weighted by molar-refractivity contribution is 7.10. The van der Waals surface area contributed by atoms with E-state index in [0.29, 0.717) is 11.3 Å². The molecule has 2 N–H and O–H groups in total. The molecule has 0 bridgehead atoms. The topological polar surface area (TPSA) is 75.1 Å². The molecule has 3 rings (SSSR count). The molecule has 0 aliphatic heterocycles. The Balaban J connectivity index is 1.72. The molecule has 0 aliphatic carbocycles. The van der Waals surface area contributed by atoms with Crippen LogP contribution in [-0.2, 0) is 6.42 Å². The molecule has 1 unspecified atom stereocenters. The zero-order valence-corrected chi connectivity index (χ0v) is 14.7. The van der Waals surface area contributed by atoms with E-state index in [1.807, 2.05) is 36.6 Å². The molecule has 25 heavy (non-hydrogen) atoms. The van der Waals surface area contributed by atoms with Crippen molar-refractivity contribution in [2.45, 2.75) is 25.9 Å². The summed E-state index contributed by atoms with van der Waals surface area (Å²) in [4.78, 5) is 21.5. The molecule has 0 saturated heterocycles. The number of hydrogen-bond donors (Lipinski definition) is 2. The van der Waals surface area contributed by atoms with E-state index in [9.17, 15) is 9.90 Å². The number of benzene rings is 1. The number of carbonyl (C=O) groups is 1. The van der Waals surface area contributed by atoms with Crippen LogP contribution in [0.25, 0.3) is 0 Å². The molecule has 1 atom stereocenters. The van der Waals surface area contributed by atoms with Crippen LogP contribution in [0.1, 0.15) is 45.9 Å². The Labute approximate surface area is 150 Å². The van der Waals surface area contributed by atoms with Gasteiger partial charge in [0.1, 0.15) is 12.4 Å². The highest BCUT2D eigenvalue weighted by Crippen LogP contribution is 2.26. The van der Waals surface area contributed by atoms with Crippen molar-refractivity contribution in [1.82, 2.24) is 9.97 Å². The van der Waals surface area contributed by atoms with Crippen LogP contribution in [0.3, 0.4) is 0 Å².